The molecule has 0 bridgehead atoms. The van der Waals surface area contributed by atoms with Crippen molar-refractivity contribution in [2.75, 3.05) is 0 Å². The van der Waals surface area contributed by atoms with Crippen molar-refractivity contribution in [1.29, 1.82) is 0 Å². The number of carbonyl (C=O) groups is 2. The van der Waals surface area contributed by atoms with Crippen LogP contribution in [-0.4, -0.2) is 11.9 Å². The first-order valence-corrected chi connectivity index (χ1v) is 9.17. The predicted octanol–water partition coefficient (Wildman–Crippen LogP) is 5.44. The normalized spacial score (nSPS) is 10.4. The molecule has 0 fully saturated rings. The number of hydrogen-bond acceptors (Lipinski definition) is 4. The van der Waals surface area contributed by atoms with Crippen molar-refractivity contribution in [3.63, 3.8) is 0 Å². The van der Waals surface area contributed by atoms with Gasteiger partial charge in [-0.05, 0) is 25.0 Å². The highest BCUT2D eigenvalue weighted by Crippen LogP contribution is 2.21. The van der Waals surface area contributed by atoms with Gasteiger partial charge in [0.25, 0.3) is 0 Å². The van der Waals surface area contributed by atoms with Gasteiger partial charge in [-0.3, -0.25) is 9.59 Å². The topological polar surface area (TPSA) is 52.6 Å². The Labute approximate surface area is 145 Å². The van der Waals surface area contributed by atoms with Crippen molar-refractivity contribution < 1.29 is 19.1 Å². The molecule has 0 aliphatic rings. The Balaban J connectivity index is 2.37. The lowest BCUT2D eigenvalue weighted by Gasteiger charge is -2.07. The van der Waals surface area contributed by atoms with E-state index < -0.39 is 0 Å². The van der Waals surface area contributed by atoms with E-state index in [0.717, 1.165) is 51.4 Å². The van der Waals surface area contributed by atoms with E-state index >= 15 is 0 Å². The van der Waals surface area contributed by atoms with Crippen molar-refractivity contribution in [2.24, 2.45) is 0 Å². The molecule has 0 unspecified atom stereocenters. The van der Waals surface area contributed by atoms with E-state index in [0.29, 0.717) is 24.3 Å². The van der Waals surface area contributed by atoms with Gasteiger partial charge in [0.15, 0.2) is 0 Å². The molecule has 4 heteroatoms. The number of carbonyl (C=O) groups excluding carboxylic acids is 2. The van der Waals surface area contributed by atoms with Gasteiger partial charge in [-0.1, -0.05) is 58.4 Å². The van der Waals surface area contributed by atoms with Crippen LogP contribution in [0.5, 0.6) is 11.5 Å². The predicted molar refractivity (Wildman–Crippen MR) is 95.2 cm³/mol. The van der Waals surface area contributed by atoms with Crippen LogP contribution in [0.15, 0.2) is 24.3 Å². The van der Waals surface area contributed by atoms with E-state index in [2.05, 4.69) is 13.8 Å². The maximum absolute atomic E-state index is 11.8. The van der Waals surface area contributed by atoms with Crippen LogP contribution in [0.25, 0.3) is 0 Å². The molecule has 0 aromatic heterocycles. The Morgan fingerprint density at radius 1 is 0.750 bits per heavy atom. The zero-order valence-corrected chi connectivity index (χ0v) is 15.0. The summed E-state index contributed by atoms with van der Waals surface area (Å²) in [4.78, 5) is 23.6. The molecule has 0 spiro atoms. The molecule has 0 amide bonds. The Kier molecular flexibility index (Phi) is 10.6. The Hall–Kier alpha value is -1.84. The molecule has 0 aliphatic heterocycles. The Morgan fingerprint density at radius 2 is 1.21 bits per heavy atom. The molecule has 0 radical (unpaired) electrons. The van der Waals surface area contributed by atoms with E-state index in [-0.39, 0.29) is 11.9 Å². The molecule has 0 heterocycles. The first kappa shape index (κ1) is 20.2. The maximum atomic E-state index is 11.8. The van der Waals surface area contributed by atoms with Gasteiger partial charge in [0.05, 0.1) is 0 Å². The summed E-state index contributed by atoms with van der Waals surface area (Å²) in [6, 6.07) is 6.71. The van der Waals surface area contributed by atoms with Crippen LogP contribution in [0.2, 0.25) is 0 Å². The summed E-state index contributed by atoms with van der Waals surface area (Å²) in [6.45, 7) is 4.27. The Bertz CT molecular complexity index is 455. The smallest absolute Gasteiger partial charge is 0.311 e. The molecular formula is C20H30O4. The maximum Gasteiger partial charge on any atom is 0.311 e. The molecule has 1 rings (SSSR count). The number of ether oxygens (including phenoxy) is 2. The molecule has 134 valence electrons. The third kappa shape index (κ3) is 9.33. The fourth-order valence-corrected chi connectivity index (χ4v) is 2.36. The highest BCUT2D eigenvalue weighted by atomic mass is 16.5. The van der Waals surface area contributed by atoms with Gasteiger partial charge in [-0.25, -0.2) is 0 Å². The summed E-state index contributed by atoms with van der Waals surface area (Å²) in [5.41, 5.74) is 0. The van der Waals surface area contributed by atoms with Crippen molar-refractivity contribution >= 4 is 11.9 Å². The minimum atomic E-state index is -0.242. The third-order valence-electron chi connectivity index (χ3n) is 3.74. The fourth-order valence-electron chi connectivity index (χ4n) is 2.36. The van der Waals surface area contributed by atoms with Crippen LogP contribution in [0.3, 0.4) is 0 Å². The number of benzene rings is 1. The molecule has 0 atom stereocenters. The quantitative estimate of drug-likeness (QED) is 0.290. The molecule has 4 nitrogen and oxygen atoms in total. The van der Waals surface area contributed by atoms with E-state index in [9.17, 15) is 9.59 Å². The molecule has 24 heavy (non-hydrogen) atoms. The summed E-state index contributed by atoms with van der Waals surface area (Å²) in [7, 11) is 0. The van der Waals surface area contributed by atoms with E-state index in [1.807, 2.05) is 0 Å². The Morgan fingerprint density at radius 3 is 1.62 bits per heavy atom. The van der Waals surface area contributed by atoms with Crippen molar-refractivity contribution in [3.8, 4) is 11.5 Å². The van der Waals surface area contributed by atoms with Crippen LogP contribution < -0.4 is 9.47 Å². The van der Waals surface area contributed by atoms with Crippen LogP contribution in [0.1, 0.15) is 78.1 Å². The van der Waals surface area contributed by atoms with E-state index in [1.165, 1.54) is 0 Å². The zero-order chi connectivity index (χ0) is 17.6. The first-order chi connectivity index (χ1) is 11.7. The van der Waals surface area contributed by atoms with Crippen LogP contribution in [-0.2, 0) is 9.59 Å². The molecule has 1 aromatic carbocycles. The minimum absolute atomic E-state index is 0.242. The standard InChI is InChI=1S/C20H30O4/c1-3-5-7-9-14-19(21)23-17-12-11-13-18(16-17)24-20(22)15-10-8-6-4-2/h11-13,16H,3-10,14-15H2,1-2H3. The minimum Gasteiger partial charge on any atom is -0.426 e. The second-order valence-corrected chi connectivity index (χ2v) is 6.04. The van der Waals surface area contributed by atoms with Gasteiger partial charge in [0.2, 0.25) is 0 Å². The highest BCUT2D eigenvalue weighted by Gasteiger charge is 2.08. The summed E-state index contributed by atoms with van der Waals surface area (Å²) < 4.78 is 10.6. The van der Waals surface area contributed by atoms with E-state index in [1.54, 1.807) is 24.3 Å². The molecule has 1 aromatic rings. The lowest BCUT2D eigenvalue weighted by molar-refractivity contribution is -0.135. The van der Waals surface area contributed by atoms with Gasteiger partial charge in [0.1, 0.15) is 11.5 Å². The largest absolute Gasteiger partial charge is 0.426 e. The fraction of sp³-hybridized carbons (Fsp3) is 0.600. The monoisotopic (exact) mass is 334 g/mol. The zero-order valence-electron chi connectivity index (χ0n) is 15.0. The third-order valence-corrected chi connectivity index (χ3v) is 3.74. The number of hydrogen-bond donors (Lipinski definition) is 0. The number of unbranched alkanes of at least 4 members (excludes halogenated alkanes) is 6. The van der Waals surface area contributed by atoms with Gasteiger partial charge in [-0.15, -0.1) is 0 Å². The molecule has 0 N–H and O–H groups in total. The van der Waals surface area contributed by atoms with Crippen molar-refractivity contribution in [2.45, 2.75) is 78.1 Å². The highest BCUT2D eigenvalue weighted by molar-refractivity contribution is 5.74. The van der Waals surface area contributed by atoms with Gasteiger partial charge in [-0.2, -0.15) is 0 Å². The molecule has 0 saturated heterocycles. The summed E-state index contributed by atoms with van der Waals surface area (Å²) in [5.74, 6) is 0.363. The summed E-state index contributed by atoms with van der Waals surface area (Å²) >= 11 is 0. The number of rotatable bonds is 12. The molecular weight excluding hydrogens is 304 g/mol. The lowest BCUT2D eigenvalue weighted by atomic mass is 10.1. The van der Waals surface area contributed by atoms with Crippen LogP contribution in [0, 0.1) is 0 Å². The number of esters is 2. The second kappa shape index (κ2) is 12.6. The van der Waals surface area contributed by atoms with E-state index in [4.69, 9.17) is 9.47 Å². The average Bonchev–Trinajstić information content (AvgIpc) is 2.56. The van der Waals surface area contributed by atoms with Crippen LogP contribution >= 0.6 is 0 Å². The summed E-state index contributed by atoms with van der Waals surface area (Å²) in [6.07, 6.45) is 9.17. The van der Waals surface area contributed by atoms with Gasteiger partial charge >= 0.3 is 11.9 Å². The van der Waals surface area contributed by atoms with Gasteiger partial charge in [0, 0.05) is 18.9 Å². The van der Waals surface area contributed by atoms with Crippen LogP contribution in [0.4, 0.5) is 0 Å². The summed E-state index contributed by atoms with van der Waals surface area (Å²) in [5, 5.41) is 0. The van der Waals surface area contributed by atoms with Crippen molar-refractivity contribution in [3.05, 3.63) is 24.3 Å². The average molecular weight is 334 g/mol. The van der Waals surface area contributed by atoms with Gasteiger partial charge < -0.3 is 9.47 Å². The van der Waals surface area contributed by atoms with Crippen molar-refractivity contribution in [1.82, 2.24) is 0 Å². The second-order valence-electron chi connectivity index (χ2n) is 6.04. The SMILES string of the molecule is CCCCCCC(=O)Oc1cccc(OC(=O)CCCCCC)c1. The molecule has 0 saturated carbocycles. The first-order valence-electron chi connectivity index (χ1n) is 9.17. The molecule has 0 aliphatic carbocycles. The lowest BCUT2D eigenvalue weighted by Crippen LogP contribution is -2.09.